The molecule has 0 aliphatic carbocycles. The topological polar surface area (TPSA) is 52.2 Å². The molecule has 4 heterocycles. The normalized spacial score (nSPS) is 22.0. The number of likely N-dealkylation sites (tertiary alicyclic amines) is 1. The van der Waals surface area contributed by atoms with Gasteiger partial charge < -0.3 is 9.88 Å². The van der Waals surface area contributed by atoms with Crippen molar-refractivity contribution in [3.05, 3.63) is 29.6 Å². The van der Waals surface area contributed by atoms with E-state index in [1.807, 2.05) is 30.9 Å². The second kappa shape index (κ2) is 8.01. The van der Waals surface area contributed by atoms with Gasteiger partial charge in [-0.2, -0.15) is 11.8 Å². The van der Waals surface area contributed by atoms with E-state index in [0.29, 0.717) is 12.3 Å². The minimum Gasteiger partial charge on any atom is -0.343 e. The molecular weight excluding hydrogens is 344 g/mol. The van der Waals surface area contributed by atoms with Crippen molar-refractivity contribution in [1.82, 2.24) is 19.8 Å². The number of H-pyrrole nitrogens is 1. The number of pyridine rings is 1. The highest BCUT2D eigenvalue weighted by Gasteiger charge is 2.28. The van der Waals surface area contributed by atoms with E-state index < -0.39 is 0 Å². The van der Waals surface area contributed by atoms with Crippen LogP contribution in [0.5, 0.6) is 0 Å². The molecule has 2 aromatic rings. The van der Waals surface area contributed by atoms with Gasteiger partial charge in [0.15, 0.2) is 0 Å². The van der Waals surface area contributed by atoms with E-state index in [4.69, 9.17) is 0 Å². The number of aromatic nitrogens is 2. The first kappa shape index (κ1) is 17.9. The summed E-state index contributed by atoms with van der Waals surface area (Å²) in [5.74, 6) is 3.11. The van der Waals surface area contributed by atoms with Gasteiger partial charge in [0.1, 0.15) is 5.65 Å². The number of carbonyl (C=O) groups is 1. The van der Waals surface area contributed by atoms with E-state index in [1.165, 1.54) is 28.1 Å². The maximum Gasteiger partial charge on any atom is 0.222 e. The van der Waals surface area contributed by atoms with Crippen LogP contribution >= 0.6 is 11.8 Å². The summed E-state index contributed by atoms with van der Waals surface area (Å²) in [5.41, 5.74) is 3.70. The zero-order valence-electron chi connectivity index (χ0n) is 15.5. The number of fused-ring (bicyclic) bond motifs is 1. The molecule has 2 aliphatic rings. The van der Waals surface area contributed by atoms with Crippen LogP contribution in [0.15, 0.2) is 18.3 Å². The lowest BCUT2D eigenvalue weighted by molar-refractivity contribution is -0.132. The predicted octanol–water partition coefficient (Wildman–Crippen LogP) is 3.23. The third kappa shape index (κ3) is 3.62. The van der Waals surface area contributed by atoms with Gasteiger partial charge in [0.05, 0.1) is 0 Å². The van der Waals surface area contributed by atoms with Gasteiger partial charge in [0.2, 0.25) is 5.91 Å². The number of hydrogen-bond acceptors (Lipinski definition) is 4. The van der Waals surface area contributed by atoms with Crippen molar-refractivity contribution in [3.8, 4) is 0 Å². The fourth-order valence-corrected chi connectivity index (χ4v) is 5.24. The van der Waals surface area contributed by atoms with Gasteiger partial charge >= 0.3 is 0 Å². The van der Waals surface area contributed by atoms with E-state index in [2.05, 4.69) is 25.8 Å². The number of aromatic amines is 1. The largest absolute Gasteiger partial charge is 0.343 e. The molecule has 2 fully saturated rings. The Hall–Kier alpha value is -1.53. The number of piperidine rings is 1. The van der Waals surface area contributed by atoms with Crippen LogP contribution in [-0.4, -0.2) is 63.4 Å². The quantitative estimate of drug-likeness (QED) is 0.895. The Morgan fingerprint density at radius 3 is 3.00 bits per heavy atom. The molecule has 2 aliphatic heterocycles. The van der Waals surface area contributed by atoms with Crippen LogP contribution in [0.1, 0.15) is 43.4 Å². The number of amides is 1. The second-order valence-electron chi connectivity index (χ2n) is 7.34. The number of rotatable bonds is 4. The van der Waals surface area contributed by atoms with Crippen LogP contribution in [0.2, 0.25) is 0 Å². The van der Waals surface area contributed by atoms with Crippen molar-refractivity contribution in [2.24, 2.45) is 0 Å². The van der Waals surface area contributed by atoms with Gasteiger partial charge in [-0.15, -0.1) is 0 Å². The predicted molar refractivity (Wildman–Crippen MR) is 108 cm³/mol. The third-order valence-electron chi connectivity index (χ3n) is 5.68. The van der Waals surface area contributed by atoms with E-state index in [1.54, 1.807) is 0 Å². The summed E-state index contributed by atoms with van der Waals surface area (Å²) in [7, 11) is 0. The standard InChI is InChI=1S/C20H28N4OS/c1-2-18(25)24-8-4-5-15(13-24)19-17(14-23-9-11-26-12-10-23)16-6-3-7-21-20(16)22-19/h3,6-7,15H,2,4-5,8-14H2,1H3,(H,21,22). The molecule has 1 N–H and O–H groups in total. The van der Waals surface area contributed by atoms with Crippen LogP contribution in [-0.2, 0) is 11.3 Å². The summed E-state index contributed by atoms with van der Waals surface area (Å²) >= 11 is 2.05. The zero-order chi connectivity index (χ0) is 17.9. The van der Waals surface area contributed by atoms with E-state index in [0.717, 1.165) is 51.2 Å². The minimum absolute atomic E-state index is 0.276. The van der Waals surface area contributed by atoms with E-state index in [-0.39, 0.29) is 5.91 Å². The molecule has 1 unspecified atom stereocenters. The Morgan fingerprint density at radius 2 is 2.19 bits per heavy atom. The van der Waals surface area contributed by atoms with Gasteiger partial charge in [-0.1, -0.05) is 6.92 Å². The monoisotopic (exact) mass is 372 g/mol. The summed E-state index contributed by atoms with van der Waals surface area (Å²) in [6, 6.07) is 4.22. The molecule has 6 heteroatoms. The van der Waals surface area contributed by atoms with Crippen molar-refractivity contribution >= 4 is 28.7 Å². The maximum absolute atomic E-state index is 12.2. The highest BCUT2D eigenvalue weighted by molar-refractivity contribution is 7.99. The smallest absolute Gasteiger partial charge is 0.222 e. The molecule has 2 aromatic heterocycles. The SMILES string of the molecule is CCC(=O)N1CCCC(c2[nH]c3ncccc3c2CN2CCSCC2)C1. The van der Waals surface area contributed by atoms with Gasteiger partial charge in [-0.25, -0.2) is 4.98 Å². The molecule has 0 bridgehead atoms. The fourth-order valence-electron chi connectivity index (χ4n) is 4.26. The van der Waals surface area contributed by atoms with Crippen LogP contribution in [0.4, 0.5) is 0 Å². The number of thioether (sulfide) groups is 1. The second-order valence-corrected chi connectivity index (χ2v) is 8.56. The average molecular weight is 373 g/mol. The molecule has 0 aromatic carbocycles. The highest BCUT2D eigenvalue weighted by atomic mass is 32.2. The Morgan fingerprint density at radius 1 is 1.35 bits per heavy atom. The summed E-state index contributed by atoms with van der Waals surface area (Å²) in [6.07, 6.45) is 4.68. The molecule has 0 saturated carbocycles. The highest BCUT2D eigenvalue weighted by Crippen LogP contribution is 2.33. The van der Waals surface area contributed by atoms with E-state index >= 15 is 0 Å². The van der Waals surface area contributed by atoms with Crippen LogP contribution in [0.3, 0.4) is 0 Å². The third-order valence-corrected chi connectivity index (χ3v) is 6.62. The maximum atomic E-state index is 12.2. The molecule has 4 rings (SSSR count). The van der Waals surface area contributed by atoms with Crippen molar-refractivity contribution in [2.45, 2.75) is 38.6 Å². The summed E-state index contributed by atoms with van der Waals surface area (Å²) in [5, 5.41) is 1.25. The van der Waals surface area contributed by atoms with Gasteiger partial charge in [-0.3, -0.25) is 9.69 Å². The molecular formula is C20H28N4OS. The van der Waals surface area contributed by atoms with Crippen LogP contribution < -0.4 is 0 Å². The minimum atomic E-state index is 0.276. The molecule has 1 amide bonds. The van der Waals surface area contributed by atoms with E-state index in [9.17, 15) is 4.79 Å². The van der Waals surface area contributed by atoms with Crippen molar-refractivity contribution in [3.63, 3.8) is 0 Å². The summed E-state index contributed by atoms with van der Waals surface area (Å²) in [4.78, 5) is 25.0. The summed E-state index contributed by atoms with van der Waals surface area (Å²) in [6.45, 7) is 6.99. The van der Waals surface area contributed by atoms with Gasteiger partial charge in [0, 0.05) is 73.8 Å². The van der Waals surface area contributed by atoms with Crippen LogP contribution in [0.25, 0.3) is 11.0 Å². The van der Waals surface area contributed by atoms with Crippen LogP contribution in [0, 0.1) is 0 Å². The average Bonchev–Trinajstić information content (AvgIpc) is 3.07. The molecule has 0 spiro atoms. The Bertz CT molecular complexity index is 768. The number of carbonyl (C=O) groups excluding carboxylic acids is 1. The van der Waals surface area contributed by atoms with Crippen molar-refractivity contribution in [2.75, 3.05) is 37.7 Å². The lowest BCUT2D eigenvalue weighted by Crippen LogP contribution is -2.39. The fraction of sp³-hybridized carbons (Fsp3) is 0.600. The lowest BCUT2D eigenvalue weighted by Gasteiger charge is -2.33. The first-order chi connectivity index (χ1) is 12.8. The molecule has 0 radical (unpaired) electrons. The van der Waals surface area contributed by atoms with Gasteiger partial charge in [0.25, 0.3) is 0 Å². The molecule has 1 atom stereocenters. The number of nitrogens with zero attached hydrogens (tertiary/aromatic N) is 3. The molecule has 26 heavy (non-hydrogen) atoms. The first-order valence-corrected chi connectivity index (χ1v) is 10.9. The molecule has 140 valence electrons. The summed E-state index contributed by atoms with van der Waals surface area (Å²) < 4.78 is 0. The lowest BCUT2D eigenvalue weighted by atomic mass is 9.91. The van der Waals surface area contributed by atoms with Gasteiger partial charge in [-0.05, 0) is 30.5 Å². The number of hydrogen-bond donors (Lipinski definition) is 1. The molecule has 5 nitrogen and oxygen atoms in total. The Kier molecular flexibility index (Phi) is 5.50. The molecule has 2 saturated heterocycles. The van der Waals surface area contributed by atoms with Crippen molar-refractivity contribution < 1.29 is 4.79 Å². The zero-order valence-corrected chi connectivity index (χ0v) is 16.4. The first-order valence-electron chi connectivity index (χ1n) is 9.79. The number of nitrogens with one attached hydrogen (secondary N) is 1. The Balaban J connectivity index is 1.65. The Labute approximate surface area is 159 Å². The van der Waals surface area contributed by atoms with Crippen molar-refractivity contribution in [1.29, 1.82) is 0 Å².